The summed E-state index contributed by atoms with van der Waals surface area (Å²) in [6, 6.07) is 0. The molecule has 0 bridgehead atoms. The molecule has 4 heteroatoms. The molecule has 0 heterocycles. The van der Waals surface area contributed by atoms with Crippen LogP contribution in [0, 0.1) is 28.6 Å². The average molecular weight is 435 g/mol. The van der Waals surface area contributed by atoms with Crippen molar-refractivity contribution in [2.24, 2.45) is 28.6 Å². The van der Waals surface area contributed by atoms with E-state index in [0.717, 1.165) is 25.7 Å². The van der Waals surface area contributed by atoms with Gasteiger partial charge in [-0.25, -0.2) is 4.79 Å². The van der Waals surface area contributed by atoms with E-state index in [4.69, 9.17) is 9.47 Å². The monoisotopic (exact) mass is 434 g/mol. The number of aliphatic hydroxyl groups excluding tert-OH is 1. The molecule has 1 fully saturated rings. The number of hydrogen-bond acceptors (Lipinski definition) is 4. The quantitative estimate of drug-likeness (QED) is 0.353. The molecule has 1 saturated carbocycles. The Morgan fingerprint density at radius 3 is 2.19 bits per heavy atom. The van der Waals surface area contributed by atoms with Crippen molar-refractivity contribution in [2.75, 3.05) is 6.61 Å². The number of rotatable bonds is 8. The summed E-state index contributed by atoms with van der Waals surface area (Å²) in [7, 11) is 0. The third-order valence-electron chi connectivity index (χ3n) is 6.97. The van der Waals surface area contributed by atoms with Gasteiger partial charge in [0.1, 0.15) is 6.61 Å². The summed E-state index contributed by atoms with van der Waals surface area (Å²) in [6.07, 6.45) is 11.6. The SMILES string of the molecule is CC(C)(C)CC(C1C=CC(C(=O)OCC(O)OC(C)(C)C2CCCC2)=CC1)C(C)(C)C. The second-order valence-corrected chi connectivity index (χ2v) is 12.4. The second kappa shape index (κ2) is 10.2. The van der Waals surface area contributed by atoms with Crippen molar-refractivity contribution in [3.63, 3.8) is 0 Å². The number of aliphatic hydroxyl groups is 1. The van der Waals surface area contributed by atoms with Crippen molar-refractivity contribution in [1.29, 1.82) is 0 Å². The van der Waals surface area contributed by atoms with Crippen molar-refractivity contribution in [3.05, 3.63) is 23.8 Å². The summed E-state index contributed by atoms with van der Waals surface area (Å²) < 4.78 is 11.2. The van der Waals surface area contributed by atoms with Gasteiger partial charge in [0, 0.05) is 0 Å². The summed E-state index contributed by atoms with van der Waals surface area (Å²) in [5.41, 5.74) is 0.620. The Kier molecular flexibility index (Phi) is 8.60. The molecule has 0 aromatic heterocycles. The lowest BCUT2D eigenvalue weighted by molar-refractivity contribution is -0.211. The Balaban J connectivity index is 1.87. The summed E-state index contributed by atoms with van der Waals surface area (Å²) in [5.74, 6) is 1.00. The molecule has 0 amide bonds. The minimum atomic E-state index is -1.10. The van der Waals surface area contributed by atoms with Crippen LogP contribution in [0.25, 0.3) is 0 Å². The third kappa shape index (κ3) is 8.05. The molecule has 3 unspecified atom stereocenters. The molecule has 178 valence electrons. The molecule has 2 aliphatic carbocycles. The van der Waals surface area contributed by atoms with Gasteiger partial charge in [-0.15, -0.1) is 0 Å². The van der Waals surface area contributed by atoms with Gasteiger partial charge >= 0.3 is 5.97 Å². The fraction of sp³-hybridized carbons (Fsp3) is 0.815. The number of esters is 1. The predicted molar refractivity (Wildman–Crippen MR) is 126 cm³/mol. The molecule has 0 aromatic carbocycles. The van der Waals surface area contributed by atoms with Crippen LogP contribution in [0.4, 0.5) is 0 Å². The lowest BCUT2D eigenvalue weighted by atomic mass is 9.65. The van der Waals surface area contributed by atoms with Crippen LogP contribution in [-0.4, -0.2) is 29.6 Å². The summed E-state index contributed by atoms with van der Waals surface area (Å²) in [6.45, 7) is 17.7. The number of carbonyl (C=O) groups is 1. The van der Waals surface area contributed by atoms with E-state index in [2.05, 4.69) is 47.6 Å². The van der Waals surface area contributed by atoms with Crippen LogP contribution in [0.3, 0.4) is 0 Å². The molecular weight excluding hydrogens is 388 g/mol. The highest BCUT2D eigenvalue weighted by Crippen LogP contribution is 2.43. The molecule has 4 nitrogen and oxygen atoms in total. The van der Waals surface area contributed by atoms with Gasteiger partial charge in [0.15, 0.2) is 6.29 Å². The number of carbonyl (C=O) groups excluding carboxylic acids is 1. The van der Waals surface area contributed by atoms with E-state index in [1.807, 2.05) is 26.0 Å². The molecule has 0 spiro atoms. The normalized spacial score (nSPS) is 22.9. The van der Waals surface area contributed by atoms with E-state index in [1.165, 1.54) is 12.8 Å². The first-order chi connectivity index (χ1) is 14.2. The molecule has 0 saturated heterocycles. The van der Waals surface area contributed by atoms with Crippen LogP contribution >= 0.6 is 0 Å². The highest BCUT2D eigenvalue weighted by Gasteiger charge is 2.36. The molecule has 1 N–H and O–H groups in total. The predicted octanol–water partition coefficient (Wildman–Crippen LogP) is 6.43. The van der Waals surface area contributed by atoms with Crippen LogP contribution in [0.15, 0.2) is 23.8 Å². The van der Waals surface area contributed by atoms with Gasteiger partial charge in [-0.1, -0.05) is 72.6 Å². The highest BCUT2D eigenvalue weighted by molar-refractivity contribution is 5.91. The first-order valence-electron chi connectivity index (χ1n) is 12.1. The molecule has 0 aliphatic heterocycles. The minimum Gasteiger partial charge on any atom is -0.457 e. The molecular formula is C27H46O4. The summed E-state index contributed by atoms with van der Waals surface area (Å²) >= 11 is 0. The van der Waals surface area contributed by atoms with E-state index >= 15 is 0 Å². The Bertz CT molecular complexity index is 654. The zero-order valence-corrected chi connectivity index (χ0v) is 21.2. The maximum Gasteiger partial charge on any atom is 0.337 e. The molecule has 2 aliphatic rings. The lowest BCUT2D eigenvalue weighted by Gasteiger charge is -2.40. The fourth-order valence-electron chi connectivity index (χ4n) is 5.18. The van der Waals surface area contributed by atoms with Gasteiger partial charge in [0.05, 0.1) is 11.2 Å². The smallest absolute Gasteiger partial charge is 0.337 e. The fourth-order valence-corrected chi connectivity index (χ4v) is 5.18. The molecule has 3 atom stereocenters. The Morgan fingerprint density at radius 1 is 1.10 bits per heavy atom. The van der Waals surface area contributed by atoms with Crippen molar-refractivity contribution in [1.82, 2.24) is 0 Å². The van der Waals surface area contributed by atoms with Gasteiger partial charge in [0.25, 0.3) is 0 Å². The number of ether oxygens (including phenoxy) is 2. The van der Waals surface area contributed by atoms with Gasteiger partial charge in [-0.3, -0.25) is 0 Å². The van der Waals surface area contributed by atoms with Gasteiger partial charge in [-0.05, 0) is 68.1 Å². The summed E-state index contributed by atoms with van der Waals surface area (Å²) in [5, 5.41) is 10.3. The van der Waals surface area contributed by atoms with E-state index in [-0.39, 0.29) is 23.4 Å². The first-order valence-corrected chi connectivity index (χ1v) is 12.1. The van der Waals surface area contributed by atoms with Crippen LogP contribution in [-0.2, 0) is 14.3 Å². The highest BCUT2D eigenvalue weighted by atomic mass is 16.6. The second-order valence-electron chi connectivity index (χ2n) is 12.4. The number of hydrogen-bond donors (Lipinski definition) is 1. The first kappa shape index (κ1) is 26.1. The van der Waals surface area contributed by atoms with Crippen LogP contribution < -0.4 is 0 Å². The van der Waals surface area contributed by atoms with E-state index in [9.17, 15) is 9.90 Å². The summed E-state index contributed by atoms with van der Waals surface area (Å²) in [4.78, 5) is 12.5. The van der Waals surface area contributed by atoms with Crippen LogP contribution in [0.1, 0.15) is 93.9 Å². The van der Waals surface area contributed by atoms with Crippen LogP contribution in [0.2, 0.25) is 0 Å². The van der Waals surface area contributed by atoms with E-state index in [1.54, 1.807) is 0 Å². The maximum atomic E-state index is 12.5. The minimum absolute atomic E-state index is 0.141. The lowest BCUT2D eigenvalue weighted by Crippen LogP contribution is -2.39. The standard InChI is InChI=1S/C27H46O4/c1-25(2,3)17-22(26(4,5)6)19-13-15-20(16-14-19)24(29)30-18-23(28)31-27(7,8)21-11-9-10-12-21/h13,15-16,19,21-23,28H,9-12,14,17-18H2,1-8H3. The van der Waals surface area contributed by atoms with E-state index in [0.29, 0.717) is 23.3 Å². The van der Waals surface area contributed by atoms with Crippen LogP contribution in [0.5, 0.6) is 0 Å². The largest absolute Gasteiger partial charge is 0.457 e. The van der Waals surface area contributed by atoms with Crippen molar-refractivity contribution in [3.8, 4) is 0 Å². The zero-order valence-electron chi connectivity index (χ0n) is 21.2. The average Bonchev–Trinajstić information content (AvgIpc) is 3.18. The van der Waals surface area contributed by atoms with Crippen molar-refractivity contribution < 1.29 is 19.4 Å². The van der Waals surface area contributed by atoms with Gasteiger partial charge in [0.2, 0.25) is 0 Å². The third-order valence-corrected chi connectivity index (χ3v) is 6.97. The van der Waals surface area contributed by atoms with E-state index < -0.39 is 11.9 Å². The zero-order chi connectivity index (χ0) is 23.4. The molecule has 0 aromatic rings. The Labute approximate surface area is 190 Å². The Hall–Kier alpha value is -1.13. The molecule has 0 radical (unpaired) electrons. The Morgan fingerprint density at radius 2 is 1.71 bits per heavy atom. The van der Waals surface area contributed by atoms with Gasteiger partial charge < -0.3 is 14.6 Å². The topological polar surface area (TPSA) is 55.8 Å². The molecule has 2 rings (SSSR count). The molecule has 31 heavy (non-hydrogen) atoms. The van der Waals surface area contributed by atoms with Gasteiger partial charge in [-0.2, -0.15) is 0 Å². The number of allylic oxidation sites excluding steroid dienone is 2. The maximum absolute atomic E-state index is 12.5. The van der Waals surface area contributed by atoms with Crippen molar-refractivity contribution >= 4 is 5.97 Å². The van der Waals surface area contributed by atoms with Crippen molar-refractivity contribution in [2.45, 2.75) is 106 Å².